The first-order valence-electron chi connectivity index (χ1n) is 6.41. The summed E-state index contributed by atoms with van der Waals surface area (Å²) in [5, 5.41) is 4.00. The second-order valence-electron chi connectivity index (χ2n) is 4.82. The smallest absolute Gasteiger partial charge is 0.239 e. The van der Waals surface area contributed by atoms with Gasteiger partial charge in [-0.3, -0.25) is 4.79 Å². The summed E-state index contributed by atoms with van der Waals surface area (Å²) in [6.45, 7) is 5.09. The van der Waals surface area contributed by atoms with Gasteiger partial charge in [-0.2, -0.15) is 11.8 Å². The molecule has 16 heavy (non-hydrogen) atoms. The molecule has 2 unspecified atom stereocenters. The molecule has 92 valence electrons. The van der Waals surface area contributed by atoms with Crippen molar-refractivity contribution in [3.05, 3.63) is 0 Å². The zero-order chi connectivity index (χ0) is 11.4. The van der Waals surface area contributed by atoms with Crippen molar-refractivity contribution in [2.45, 2.75) is 43.9 Å². The van der Waals surface area contributed by atoms with Crippen LogP contribution in [0.4, 0.5) is 0 Å². The van der Waals surface area contributed by atoms with Crippen molar-refractivity contribution in [1.29, 1.82) is 0 Å². The predicted molar refractivity (Wildman–Crippen MR) is 68.8 cm³/mol. The Morgan fingerprint density at radius 3 is 3.06 bits per heavy atom. The van der Waals surface area contributed by atoms with Crippen LogP contribution >= 0.6 is 11.8 Å². The van der Waals surface area contributed by atoms with Gasteiger partial charge in [-0.1, -0.05) is 19.8 Å². The lowest BCUT2D eigenvalue weighted by Crippen LogP contribution is -2.50. The summed E-state index contributed by atoms with van der Waals surface area (Å²) in [5.74, 6) is 1.44. The first-order valence-corrected chi connectivity index (χ1v) is 7.46. The summed E-state index contributed by atoms with van der Waals surface area (Å²) in [4.78, 5) is 14.4. The van der Waals surface area contributed by atoms with Crippen LogP contribution in [-0.2, 0) is 4.79 Å². The van der Waals surface area contributed by atoms with Crippen LogP contribution in [0.3, 0.4) is 0 Å². The number of thioether (sulfide) groups is 1. The van der Waals surface area contributed by atoms with E-state index in [-0.39, 0.29) is 6.04 Å². The molecular weight excluding hydrogens is 220 g/mol. The van der Waals surface area contributed by atoms with Gasteiger partial charge < -0.3 is 10.2 Å². The van der Waals surface area contributed by atoms with E-state index in [1.54, 1.807) is 0 Å². The quantitative estimate of drug-likeness (QED) is 0.756. The van der Waals surface area contributed by atoms with Crippen LogP contribution in [0.25, 0.3) is 0 Å². The highest BCUT2D eigenvalue weighted by Crippen LogP contribution is 2.19. The fraction of sp³-hybridized carbons (Fsp3) is 0.917. The molecule has 2 atom stereocenters. The van der Waals surface area contributed by atoms with Crippen LogP contribution < -0.4 is 5.32 Å². The molecule has 0 aromatic heterocycles. The molecule has 2 heterocycles. The SMILES string of the molecule is CC1CN(C(=O)C2CCCCCN2)CCS1. The lowest BCUT2D eigenvalue weighted by atomic mass is 10.1. The Bertz CT molecular complexity index is 235. The van der Waals surface area contributed by atoms with Gasteiger partial charge in [-0.25, -0.2) is 0 Å². The summed E-state index contributed by atoms with van der Waals surface area (Å²) in [6, 6.07) is 0.0952. The van der Waals surface area contributed by atoms with Crippen LogP contribution in [0.2, 0.25) is 0 Å². The highest BCUT2D eigenvalue weighted by Gasteiger charge is 2.27. The molecule has 0 bridgehead atoms. The van der Waals surface area contributed by atoms with Crippen LogP contribution in [0.1, 0.15) is 32.6 Å². The molecule has 0 aromatic carbocycles. The minimum atomic E-state index is 0.0952. The van der Waals surface area contributed by atoms with E-state index in [4.69, 9.17) is 0 Å². The standard InChI is InChI=1S/C12H22N2OS/c1-10-9-14(7-8-16-10)12(15)11-5-3-2-4-6-13-11/h10-11,13H,2-9H2,1H3. The van der Waals surface area contributed by atoms with Gasteiger partial charge in [-0.05, 0) is 19.4 Å². The van der Waals surface area contributed by atoms with Crippen molar-refractivity contribution in [3.63, 3.8) is 0 Å². The fourth-order valence-corrected chi connectivity index (χ4v) is 3.49. The Morgan fingerprint density at radius 1 is 1.38 bits per heavy atom. The molecule has 0 aliphatic carbocycles. The molecule has 0 saturated carbocycles. The molecule has 3 nitrogen and oxygen atoms in total. The zero-order valence-electron chi connectivity index (χ0n) is 10.1. The van der Waals surface area contributed by atoms with Crippen LogP contribution in [-0.4, -0.2) is 47.5 Å². The average molecular weight is 242 g/mol. The molecule has 0 aromatic rings. The first kappa shape index (κ1) is 12.2. The van der Waals surface area contributed by atoms with Gasteiger partial charge in [0, 0.05) is 24.1 Å². The molecular formula is C12H22N2OS. The molecule has 0 spiro atoms. The molecule has 2 aliphatic heterocycles. The zero-order valence-corrected chi connectivity index (χ0v) is 10.9. The van der Waals surface area contributed by atoms with Crippen LogP contribution in [0.15, 0.2) is 0 Å². The Balaban J connectivity index is 1.89. The molecule has 2 saturated heterocycles. The number of carbonyl (C=O) groups excluding carboxylic acids is 1. The van der Waals surface area contributed by atoms with E-state index < -0.39 is 0 Å². The maximum Gasteiger partial charge on any atom is 0.239 e. The van der Waals surface area contributed by atoms with Gasteiger partial charge in [0.25, 0.3) is 0 Å². The highest BCUT2D eigenvalue weighted by atomic mass is 32.2. The lowest BCUT2D eigenvalue weighted by molar-refractivity contribution is -0.133. The predicted octanol–water partition coefficient (Wildman–Crippen LogP) is 1.48. The number of rotatable bonds is 1. The number of carbonyl (C=O) groups is 1. The van der Waals surface area contributed by atoms with Gasteiger partial charge in [0.15, 0.2) is 0 Å². The number of hydrogen-bond donors (Lipinski definition) is 1. The first-order chi connectivity index (χ1) is 7.77. The highest BCUT2D eigenvalue weighted by molar-refractivity contribution is 7.99. The Hall–Kier alpha value is -0.220. The normalized spacial score (nSPS) is 32.2. The van der Waals surface area contributed by atoms with Gasteiger partial charge in [-0.15, -0.1) is 0 Å². The van der Waals surface area contributed by atoms with E-state index in [0.29, 0.717) is 11.2 Å². The summed E-state index contributed by atoms with van der Waals surface area (Å²) in [5.41, 5.74) is 0. The summed E-state index contributed by atoms with van der Waals surface area (Å²) in [6.07, 6.45) is 4.71. The average Bonchev–Trinajstić information content (AvgIpc) is 2.56. The van der Waals surface area contributed by atoms with Crippen molar-refractivity contribution in [3.8, 4) is 0 Å². The second-order valence-corrected chi connectivity index (χ2v) is 6.37. The molecule has 4 heteroatoms. The number of nitrogens with one attached hydrogen (secondary N) is 1. The minimum Gasteiger partial charge on any atom is -0.339 e. The van der Waals surface area contributed by atoms with Crippen LogP contribution in [0, 0.1) is 0 Å². The molecule has 1 N–H and O–H groups in total. The lowest BCUT2D eigenvalue weighted by Gasteiger charge is -2.33. The Kier molecular flexibility index (Phi) is 4.53. The topological polar surface area (TPSA) is 32.3 Å². The third-order valence-corrected chi connectivity index (χ3v) is 4.55. The van der Waals surface area contributed by atoms with Crippen molar-refractivity contribution >= 4 is 17.7 Å². The van der Waals surface area contributed by atoms with Crippen molar-refractivity contribution < 1.29 is 4.79 Å². The number of amides is 1. The maximum absolute atomic E-state index is 12.3. The molecule has 2 rings (SSSR count). The Morgan fingerprint density at radius 2 is 2.25 bits per heavy atom. The maximum atomic E-state index is 12.3. The van der Waals surface area contributed by atoms with E-state index in [1.807, 2.05) is 11.8 Å². The fourth-order valence-electron chi connectivity index (χ4n) is 2.48. The summed E-state index contributed by atoms with van der Waals surface area (Å²) in [7, 11) is 0. The molecule has 1 amide bonds. The summed E-state index contributed by atoms with van der Waals surface area (Å²) < 4.78 is 0. The number of nitrogens with zero attached hydrogens (tertiary/aromatic N) is 1. The van der Waals surface area contributed by atoms with Crippen molar-refractivity contribution in [2.75, 3.05) is 25.4 Å². The van der Waals surface area contributed by atoms with Crippen LogP contribution in [0.5, 0.6) is 0 Å². The third kappa shape index (κ3) is 3.14. The van der Waals surface area contributed by atoms with E-state index in [0.717, 1.165) is 31.8 Å². The van der Waals surface area contributed by atoms with E-state index >= 15 is 0 Å². The molecule has 0 radical (unpaired) electrons. The van der Waals surface area contributed by atoms with Crippen molar-refractivity contribution in [1.82, 2.24) is 10.2 Å². The molecule has 2 fully saturated rings. The monoisotopic (exact) mass is 242 g/mol. The number of hydrogen-bond acceptors (Lipinski definition) is 3. The van der Waals surface area contributed by atoms with Gasteiger partial charge in [0.05, 0.1) is 6.04 Å². The summed E-state index contributed by atoms with van der Waals surface area (Å²) >= 11 is 1.98. The van der Waals surface area contributed by atoms with Gasteiger partial charge in [0.2, 0.25) is 5.91 Å². The van der Waals surface area contributed by atoms with E-state index in [9.17, 15) is 4.79 Å². The van der Waals surface area contributed by atoms with Gasteiger partial charge >= 0.3 is 0 Å². The van der Waals surface area contributed by atoms with Crippen molar-refractivity contribution in [2.24, 2.45) is 0 Å². The molecule has 2 aliphatic rings. The van der Waals surface area contributed by atoms with E-state index in [1.165, 1.54) is 19.3 Å². The minimum absolute atomic E-state index is 0.0952. The largest absolute Gasteiger partial charge is 0.339 e. The van der Waals surface area contributed by atoms with E-state index in [2.05, 4.69) is 17.1 Å². The second kappa shape index (κ2) is 5.92. The Labute approximate surface area is 102 Å². The third-order valence-electron chi connectivity index (χ3n) is 3.41. The van der Waals surface area contributed by atoms with Gasteiger partial charge in [0.1, 0.15) is 0 Å².